The first-order chi connectivity index (χ1) is 6.20. The molecule has 2 unspecified atom stereocenters. The minimum Gasteiger partial charge on any atom is -0.396 e. The van der Waals surface area contributed by atoms with Crippen LogP contribution in [0.4, 0.5) is 0 Å². The molecule has 0 spiro atoms. The lowest BCUT2D eigenvalue weighted by Crippen LogP contribution is -2.14. The highest BCUT2D eigenvalue weighted by molar-refractivity contribution is 4.63. The molecule has 0 aliphatic carbocycles. The minimum absolute atomic E-state index is 0.0261. The van der Waals surface area contributed by atoms with Crippen LogP contribution in [-0.2, 0) is 0 Å². The summed E-state index contributed by atoms with van der Waals surface area (Å²) in [6, 6.07) is 0. The predicted octanol–water partition coefficient (Wildman–Crippen LogP) is 0.185. The highest BCUT2D eigenvalue weighted by Gasteiger charge is 2.08. The van der Waals surface area contributed by atoms with Crippen LogP contribution in [0.1, 0.15) is 32.1 Å². The summed E-state index contributed by atoms with van der Waals surface area (Å²) >= 11 is 0. The monoisotopic (exact) mass is 191 g/mol. The van der Waals surface area contributed by atoms with Gasteiger partial charge in [-0.1, -0.05) is 0 Å². The van der Waals surface area contributed by atoms with Crippen molar-refractivity contribution in [3.63, 3.8) is 0 Å². The molecule has 0 amide bonds. The molecule has 0 aromatic heterocycles. The summed E-state index contributed by atoms with van der Waals surface area (Å²) in [5.74, 6) is 0. The Morgan fingerprint density at radius 3 is 1.92 bits per heavy atom. The van der Waals surface area contributed by atoms with E-state index in [-0.39, 0.29) is 6.61 Å². The van der Waals surface area contributed by atoms with E-state index in [1.807, 2.05) is 0 Å². The van der Waals surface area contributed by atoms with Gasteiger partial charge < -0.3 is 20.4 Å². The average Bonchev–Trinajstić information content (AvgIpc) is 2.12. The van der Waals surface area contributed by atoms with Crippen molar-refractivity contribution < 1.29 is 20.4 Å². The molecule has 4 nitrogen and oxygen atoms in total. The van der Waals surface area contributed by atoms with Crippen LogP contribution < -0.4 is 0 Å². The summed E-state index contributed by atoms with van der Waals surface area (Å²) in [6.07, 6.45) is 1.34. The molecule has 13 heavy (non-hydrogen) atoms. The molecule has 0 bridgehead atoms. The lowest BCUT2D eigenvalue weighted by atomic mass is 10.0. The first kappa shape index (κ1) is 12.8. The van der Waals surface area contributed by atoms with Crippen molar-refractivity contribution in [1.29, 1.82) is 0 Å². The van der Waals surface area contributed by atoms with Gasteiger partial charge in [-0.25, -0.2) is 0 Å². The van der Waals surface area contributed by atoms with Crippen molar-refractivity contribution >= 4 is 0 Å². The number of aliphatic hydroxyl groups excluding tert-OH is 4. The zero-order valence-corrected chi connectivity index (χ0v) is 7.76. The summed E-state index contributed by atoms with van der Waals surface area (Å²) in [5, 5.41) is 35.3. The van der Waals surface area contributed by atoms with Gasteiger partial charge in [-0.3, -0.25) is 0 Å². The highest BCUT2D eigenvalue weighted by atomic mass is 16.3. The van der Waals surface area contributed by atoms with Crippen LogP contribution in [0.25, 0.3) is 0 Å². The summed E-state index contributed by atoms with van der Waals surface area (Å²) < 4.78 is 0. The smallest absolute Gasteiger partial charge is 0.0800 e. The summed E-state index contributed by atoms with van der Waals surface area (Å²) in [6.45, 7) is 0.995. The van der Waals surface area contributed by atoms with Gasteiger partial charge >= 0.3 is 0 Å². The number of hydrogen-bond donors (Lipinski definition) is 4. The fraction of sp³-hybridized carbons (Fsp3) is 0.889. The van der Waals surface area contributed by atoms with E-state index in [2.05, 4.69) is 0 Å². The molecule has 2 atom stereocenters. The molecule has 1 radical (unpaired) electrons. The Hall–Kier alpha value is -0.160. The first-order valence-electron chi connectivity index (χ1n) is 4.63. The van der Waals surface area contributed by atoms with E-state index in [0.29, 0.717) is 32.1 Å². The first-order valence-corrected chi connectivity index (χ1v) is 4.63. The third kappa shape index (κ3) is 8.18. The number of aliphatic hydroxyl groups is 4. The SMILES string of the molecule is O[CH]CCC(O)CCC(O)CCO. The molecule has 0 heterocycles. The molecule has 4 N–H and O–H groups in total. The molecular formula is C9H19O4. The molecule has 0 saturated heterocycles. The fourth-order valence-electron chi connectivity index (χ4n) is 1.09. The van der Waals surface area contributed by atoms with Gasteiger partial charge in [0.05, 0.1) is 18.8 Å². The second-order valence-electron chi connectivity index (χ2n) is 3.16. The maximum Gasteiger partial charge on any atom is 0.0800 e. The largest absolute Gasteiger partial charge is 0.396 e. The van der Waals surface area contributed by atoms with Gasteiger partial charge in [0, 0.05) is 6.61 Å². The summed E-state index contributed by atoms with van der Waals surface area (Å²) in [5.41, 5.74) is 0. The van der Waals surface area contributed by atoms with Crippen LogP contribution in [0.2, 0.25) is 0 Å². The van der Waals surface area contributed by atoms with Gasteiger partial charge in [-0.15, -0.1) is 0 Å². The van der Waals surface area contributed by atoms with Crippen molar-refractivity contribution in [3.8, 4) is 0 Å². The zero-order valence-electron chi connectivity index (χ0n) is 7.76. The van der Waals surface area contributed by atoms with E-state index < -0.39 is 12.2 Å². The van der Waals surface area contributed by atoms with E-state index in [4.69, 9.17) is 10.2 Å². The van der Waals surface area contributed by atoms with Crippen LogP contribution in [-0.4, -0.2) is 39.2 Å². The molecule has 0 fully saturated rings. The third-order valence-corrected chi connectivity index (χ3v) is 1.92. The van der Waals surface area contributed by atoms with Crippen LogP contribution >= 0.6 is 0 Å². The number of rotatable bonds is 8. The molecule has 0 saturated carbocycles. The Morgan fingerprint density at radius 1 is 0.923 bits per heavy atom. The maximum atomic E-state index is 9.29. The van der Waals surface area contributed by atoms with Crippen molar-refractivity contribution in [3.05, 3.63) is 6.61 Å². The van der Waals surface area contributed by atoms with Crippen molar-refractivity contribution in [1.82, 2.24) is 0 Å². The van der Waals surface area contributed by atoms with Crippen LogP contribution in [0, 0.1) is 6.61 Å². The Balaban J connectivity index is 3.29. The van der Waals surface area contributed by atoms with Crippen LogP contribution in [0.5, 0.6) is 0 Å². The third-order valence-electron chi connectivity index (χ3n) is 1.92. The fourth-order valence-corrected chi connectivity index (χ4v) is 1.09. The Bertz CT molecular complexity index is 108. The zero-order chi connectivity index (χ0) is 10.1. The average molecular weight is 191 g/mol. The minimum atomic E-state index is -0.530. The molecule has 79 valence electrons. The van der Waals surface area contributed by atoms with Crippen molar-refractivity contribution in [2.75, 3.05) is 6.61 Å². The topological polar surface area (TPSA) is 80.9 Å². The van der Waals surface area contributed by atoms with E-state index >= 15 is 0 Å². The molecule has 4 heteroatoms. The second kappa shape index (κ2) is 8.44. The van der Waals surface area contributed by atoms with Gasteiger partial charge in [-0.2, -0.15) is 0 Å². The molecule has 0 aromatic rings. The molecule has 0 aromatic carbocycles. The Kier molecular flexibility index (Phi) is 8.33. The van der Waals surface area contributed by atoms with Crippen LogP contribution in [0.3, 0.4) is 0 Å². The van der Waals surface area contributed by atoms with Gasteiger partial charge in [0.25, 0.3) is 0 Å². The standard InChI is InChI=1S/C9H19O4/c10-6-1-2-8(12)3-4-9(13)5-7-11/h6,8-13H,1-5,7H2. The van der Waals surface area contributed by atoms with E-state index in [0.717, 1.165) is 6.61 Å². The Labute approximate surface area is 78.8 Å². The van der Waals surface area contributed by atoms with Gasteiger partial charge in [0.15, 0.2) is 0 Å². The van der Waals surface area contributed by atoms with E-state index in [9.17, 15) is 10.2 Å². The lowest BCUT2D eigenvalue weighted by Gasteiger charge is -2.12. The molecule has 0 aliphatic rings. The summed E-state index contributed by atoms with van der Waals surface area (Å²) in [7, 11) is 0. The molecular weight excluding hydrogens is 172 g/mol. The normalized spacial score (nSPS) is 15.7. The lowest BCUT2D eigenvalue weighted by molar-refractivity contribution is 0.0898. The van der Waals surface area contributed by atoms with Gasteiger partial charge in [-0.05, 0) is 32.1 Å². The predicted molar refractivity (Wildman–Crippen MR) is 48.4 cm³/mol. The number of hydrogen-bond acceptors (Lipinski definition) is 4. The maximum absolute atomic E-state index is 9.29. The van der Waals surface area contributed by atoms with Gasteiger partial charge in [0.1, 0.15) is 0 Å². The van der Waals surface area contributed by atoms with Crippen LogP contribution in [0.15, 0.2) is 0 Å². The van der Waals surface area contributed by atoms with E-state index in [1.54, 1.807) is 0 Å². The summed E-state index contributed by atoms with van der Waals surface area (Å²) in [4.78, 5) is 0. The van der Waals surface area contributed by atoms with E-state index in [1.165, 1.54) is 0 Å². The molecule has 0 rings (SSSR count). The van der Waals surface area contributed by atoms with Crippen molar-refractivity contribution in [2.45, 2.75) is 44.3 Å². The van der Waals surface area contributed by atoms with Crippen molar-refractivity contribution in [2.24, 2.45) is 0 Å². The molecule has 0 aliphatic heterocycles. The highest BCUT2D eigenvalue weighted by Crippen LogP contribution is 2.09. The second-order valence-corrected chi connectivity index (χ2v) is 3.16. The van der Waals surface area contributed by atoms with Gasteiger partial charge in [0.2, 0.25) is 0 Å². The Morgan fingerprint density at radius 2 is 1.46 bits per heavy atom. The quantitative estimate of drug-likeness (QED) is 0.441.